The van der Waals surface area contributed by atoms with Crippen molar-refractivity contribution in [3.63, 3.8) is 0 Å². The van der Waals surface area contributed by atoms with Crippen LogP contribution in [0, 0.1) is 12.8 Å². The lowest BCUT2D eigenvalue weighted by Crippen LogP contribution is -2.46. The molecule has 1 unspecified atom stereocenters. The third kappa shape index (κ3) is 6.71. The van der Waals surface area contributed by atoms with Crippen molar-refractivity contribution in [2.45, 2.75) is 39.7 Å². The summed E-state index contributed by atoms with van der Waals surface area (Å²) in [5.41, 5.74) is 0. The van der Waals surface area contributed by atoms with E-state index in [1.807, 2.05) is 20.0 Å². The van der Waals surface area contributed by atoms with Gasteiger partial charge in [-0.25, -0.2) is 0 Å². The van der Waals surface area contributed by atoms with E-state index in [0.717, 1.165) is 69.2 Å². The number of guanidine groups is 1. The Kier molecular flexibility index (Phi) is 8.28. The summed E-state index contributed by atoms with van der Waals surface area (Å²) < 4.78 is 11.4. The van der Waals surface area contributed by atoms with Gasteiger partial charge < -0.3 is 19.8 Å². The average molecular weight is 351 g/mol. The van der Waals surface area contributed by atoms with Crippen molar-refractivity contribution in [3.8, 4) is 0 Å². The zero-order valence-corrected chi connectivity index (χ0v) is 16.2. The molecule has 1 aliphatic heterocycles. The molecule has 1 aromatic rings. The maximum absolute atomic E-state index is 5.91. The number of nitrogens with zero attached hydrogens (tertiary/aromatic N) is 2. The molecule has 2 heterocycles. The first kappa shape index (κ1) is 19.8. The predicted octanol–water partition coefficient (Wildman–Crippen LogP) is 2.56. The molecule has 0 amide bonds. The molecule has 1 aromatic heterocycles. The molecule has 6 nitrogen and oxygen atoms in total. The van der Waals surface area contributed by atoms with E-state index in [-0.39, 0.29) is 6.04 Å². The summed E-state index contributed by atoms with van der Waals surface area (Å²) in [5, 5.41) is 6.86. The van der Waals surface area contributed by atoms with Crippen LogP contribution >= 0.6 is 0 Å². The number of hydrogen-bond donors (Lipinski definition) is 2. The average Bonchev–Trinajstić information content (AvgIpc) is 3.04. The van der Waals surface area contributed by atoms with Gasteiger partial charge in [-0.3, -0.25) is 9.89 Å². The Hall–Kier alpha value is -1.53. The molecular weight excluding hydrogens is 316 g/mol. The topological polar surface area (TPSA) is 62.0 Å². The summed E-state index contributed by atoms with van der Waals surface area (Å²) in [6.45, 7) is 11.6. The van der Waals surface area contributed by atoms with Crippen LogP contribution in [0.1, 0.15) is 44.3 Å². The van der Waals surface area contributed by atoms with Crippen LogP contribution in [-0.4, -0.2) is 57.3 Å². The maximum atomic E-state index is 5.91. The van der Waals surface area contributed by atoms with Gasteiger partial charge in [0.1, 0.15) is 11.5 Å². The van der Waals surface area contributed by atoms with Crippen molar-refractivity contribution < 1.29 is 9.15 Å². The van der Waals surface area contributed by atoms with Crippen LogP contribution in [0.2, 0.25) is 0 Å². The molecule has 0 spiro atoms. The van der Waals surface area contributed by atoms with Gasteiger partial charge >= 0.3 is 0 Å². The second-order valence-corrected chi connectivity index (χ2v) is 7.03. The van der Waals surface area contributed by atoms with Gasteiger partial charge in [0, 0.05) is 33.2 Å². The van der Waals surface area contributed by atoms with Gasteiger partial charge in [-0.15, -0.1) is 0 Å². The SMILES string of the molecule is CN=C(NCCCC(C)C)NCC(c1ccc(C)o1)N1CCOCC1. The quantitative estimate of drug-likeness (QED) is 0.429. The Morgan fingerprint density at radius 1 is 1.24 bits per heavy atom. The van der Waals surface area contributed by atoms with Crippen molar-refractivity contribution in [2.24, 2.45) is 10.9 Å². The van der Waals surface area contributed by atoms with Crippen LogP contribution < -0.4 is 10.6 Å². The first-order valence-corrected chi connectivity index (χ1v) is 9.42. The van der Waals surface area contributed by atoms with Gasteiger partial charge in [0.15, 0.2) is 5.96 Å². The van der Waals surface area contributed by atoms with E-state index in [1.165, 1.54) is 6.42 Å². The van der Waals surface area contributed by atoms with Crippen LogP contribution in [0.5, 0.6) is 0 Å². The molecule has 0 saturated carbocycles. The molecule has 0 radical (unpaired) electrons. The Morgan fingerprint density at radius 3 is 2.60 bits per heavy atom. The van der Waals surface area contributed by atoms with Gasteiger partial charge in [0.05, 0.1) is 19.3 Å². The molecule has 2 rings (SSSR count). The summed E-state index contributed by atoms with van der Waals surface area (Å²) in [6.07, 6.45) is 2.38. The second kappa shape index (κ2) is 10.5. The van der Waals surface area contributed by atoms with E-state index in [0.29, 0.717) is 0 Å². The number of aliphatic imine (C=N–C) groups is 1. The summed E-state index contributed by atoms with van der Waals surface area (Å²) in [5.74, 6) is 3.54. The largest absolute Gasteiger partial charge is 0.465 e. The Morgan fingerprint density at radius 2 is 2.00 bits per heavy atom. The fourth-order valence-electron chi connectivity index (χ4n) is 3.06. The highest BCUT2D eigenvalue weighted by Gasteiger charge is 2.25. The third-order valence-corrected chi connectivity index (χ3v) is 4.51. The fraction of sp³-hybridized carbons (Fsp3) is 0.737. The van der Waals surface area contributed by atoms with Crippen molar-refractivity contribution in [1.82, 2.24) is 15.5 Å². The van der Waals surface area contributed by atoms with Crippen LogP contribution in [0.4, 0.5) is 0 Å². The lowest BCUT2D eigenvalue weighted by Gasteiger charge is -2.33. The maximum Gasteiger partial charge on any atom is 0.191 e. The molecule has 1 saturated heterocycles. The Balaban J connectivity index is 1.89. The van der Waals surface area contributed by atoms with Crippen molar-refractivity contribution in [1.29, 1.82) is 0 Å². The molecule has 1 fully saturated rings. The zero-order valence-electron chi connectivity index (χ0n) is 16.2. The molecule has 142 valence electrons. The van der Waals surface area contributed by atoms with Crippen molar-refractivity contribution >= 4 is 5.96 Å². The molecule has 2 N–H and O–H groups in total. The van der Waals surface area contributed by atoms with E-state index in [9.17, 15) is 0 Å². The minimum Gasteiger partial charge on any atom is -0.465 e. The van der Waals surface area contributed by atoms with E-state index in [1.54, 1.807) is 0 Å². The summed E-state index contributed by atoms with van der Waals surface area (Å²) in [6, 6.07) is 4.30. The van der Waals surface area contributed by atoms with E-state index >= 15 is 0 Å². The van der Waals surface area contributed by atoms with Gasteiger partial charge in [-0.1, -0.05) is 13.8 Å². The molecular formula is C19H34N4O2. The second-order valence-electron chi connectivity index (χ2n) is 7.03. The van der Waals surface area contributed by atoms with E-state index < -0.39 is 0 Å². The normalized spacial score (nSPS) is 17.7. The number of morpholine rings is 1. The number of aryl methyl sites for hydroxylation is 1. The standard InChI is InChI=1S/C19H34N4O2/c1-15(2)6-5-9-21-19(20-4)22-14-17(18-8-7-16(3)25-18)23-10-12-24-13-11-23/h7-8,15,17H,5-6,9-14H2,1-4H3,(H2,20,21,22). The lowest BCUT2D eigenvalue weighted by atomic mass is 10.1. The van der Waals surface area contributed by atoms with Crippen LogP contribution in [-0.2, 0) is 4.74 Å². The summed E-state index contributed by atoms with van der Waals surface area (Å²) >= 11 is 0. The number of rotatable bonds is 8. The van der Waals surface area contributed by atoms with Gasteiger partial charge in [-0.05, 0) is 37.8 Å². The van der Waals surface area contributed by atoms with Gasteiger partial charge in [0.2, 0.25) is 0 Å². The molecule has 6 heteroatoms. The lowest BCUT2D eigenvalue weighted by molar-refractivity contribution is 0.0124. The van der Waals surface area contributed by atoms with Gasteiger partial charge in [0.25, 0.3) is 0 Å². The number of hydrogen-bond acceptors (Lipinski definition) is 4. The Labute approximate surface area is 152 Å². The fourth-order valence-corrected chi connectivity index (χ4v) is 3.06. The highest BCUT2D eigenvalue weighted by atomic mass is 16.5. The monoisotopic (exact) mass is 350 g/mol. The third-order valence-electron chi connectivity index (χ3n) is 4.51. The first-order chi connectivity index (χ1) is 12.1. The van der Waals surface area contributed by atoms with E-state index in [4.69, 9.17) is 9.15 Å². The number of nitrogens with one attached hydrogen (secondary N) is 2. The minimum atomic E-state index is 0.187. The molecule has 25 heavy (non-hydrogen) atoms. The highest BCUT2D eigenvalue weighted by molar-refractivity contribution is 5.79. The Bertz CT molecular complexity index is 521. The van der Waals surface area contributed by atoms with Gasteiger partial charge in [-0.2, -0.15) is 0 Å². The molecule has 1 aliphatic rings. The van der Waals surface area contributed by atoms with Crippen molar-refractivity contribution in [2.75, 3.05) is 46.4 Å². The van der Waals surface area contributed by atoms with Crippen LogP contribution in [0.15, 0.2) is 21.5 Å². The molecule has 0 aromatic carbocycles. The van der Waals surface area contributed by atoms with Crippen LogP contribution in [0.3, 0.4) is 0 Å². The molecule has 1 atom stereocenters. The predicted molar refractivity (Wildman–Crippen MR) is 102 cm³/mol. The summed E-state index contributed by atoms with van der Waals surface area (Å²) in [7, 11) is 1.82. The zero-order chi connectivity index (χ0) is 18.1. The van der Waals surface area contributed by atoms with Crippen LogP contribution in [0.25, 0.3) is 0 Å². The molecule has 0 aliphatic carbocycles. The minimum absolute atomic E-state index is 0.187. The van der Waals surface area contributed by atoms with Crippen molar-refractivity contribution in [3.05, 3.63) is 23.7 Å². The van der Waals surface area contributed by atoms with E-state index in [2.05, 4.69) is 40.4 Å². The number of furan rings is 1. The smallest absolute Gasteiger partial charge is 0.191 e. The first-order valence-electron chi connectivity index (χ1n) is 9.42. The summed E-state index contributed by atoms with van der Waals surface area (Å²) in [4.78, 5) is 6.76. The number of ether oxygens (including phenoxy) is 1. The molecule has 0 bridgehead atoms. The highest BCUT2D eigenvalue weighted by Crippen LogP contribution is 2.23.